The minimum absolute atomic E-state index is 0.360. The second-order valence-electron chi connectivity index (χ2n) is 3.33. The van der Waals surface area contributed by atoms with Crippen LogP contribution >= 0.6 is 23.2 Å². The average molecular weight is 269 g/mol. The van der Waals surface area contributed by atoms with Gasteiger partial charge in [0.1, 0.15) is 16.7 Å². The summed E-state index contributed by atoms with van der Waals surface area (Å²) in [5.74, 6) is 1.58. The van der Waals surface area contributed by atoms with Crippen LogP contribution in [0.4, 0.5) is 0 Å². The number of aryl methyl sites for hydroxylation is 1. The monoisotopic (exact) mass is 268 g/mol. The van der Waals surface area contributed by atoms with Gasteiger partial charge in [0.15, 0.2) is 0 Å². The summed E-state index contributed by atoms with van der Waals surface area (Å²) in [5, 5.41) is 0.888. The molecule has 0 aliphatic heterocycles. The summed E-state index contributed by atoms with van der Waals surface area (Å²) in [6, 6.07) is 8.75. The summed E-state index contributed by atoms with van der Waals surface area (Å²) >= 11 is 11.9. The molecule has 0 aliphatic carbocycles. The van der Waals surface area contributed by atoms with Crippen molar-refractivity contribution in [2.75, 3.05) is 0 Å². The fourth-order valence-corrected chi connectivity index (χ4v) is 1.66. The molecule has 0 aliphatic rings. The van der Waals surface area contributed by atoms with Crippen LogP contribution in [0.2, 0.25) is 10.2 Å². The normalized spacial score (nSPS) is 10.3. The third kappa shape index (κ3) is 3.08. The highest BCUT2D eigenvalue weighted by Gasteiger charge is 2.06. The maximum Gasteiger partial charge on any atom is 0.224 e. The van der Waals surface area contributed by atoms with Crippen molar-refractivity contribution in [3.8, 4) is 11.6 Å². The Bertz CT molecular complexity index is 532. The molecular formula is C12H10Cl2N2O. The van der Waals surface area contributed by atoms with Crippen molar-refractivity contribution in [2.24, 2.45) is 0 Å². The van der Waals surface area contributed by atoms with Crippen LogP contribution in [0.1, 0.15) is 12.7 Å². The minimum atomic E-state index is 0.360. The van der Waals surface area contributed by atoms with Crippen LogP contribution in [0.25, 0.3) is 0 Å². The minimum Gasteiger partial charge on any atom is -0.437 e. The van der Waals surface area contributed by atoms with Gasteiger partial charge < -0.3 is 4.74 Å². The van der Waals surface area contributed by atoms with Gasteiger partial charge in [0.25, 0.3) is 0 Å². The smallest absolute Gasteiger partial charge is 0.224 e. The molecule has 2 aromatic rings. The Hall–Kier alpha value is -1.32. The summed E-state index contributed by atoms with van der Waals surface area (Å²) in [6.45, 7) is 1.95. The number of halogens is 2. The number of hydrogen-bond donors (Lipinski definition) is 0. The van der Waals surface area contributed by atoms with Crippen molar-refractivity contribution < 1.29 is 4.74 Å². The first-order chi connectivity index (χ1) is 8.19. The van der Waals surface area contributed by atoms with Gasteiger partial charge in [-0.25, -0.2) is 4.98 Å². The van der Waals surface area contributed by atoms with Crippen LogP contribution in [-0.4, -0.2) is 9.97 Å². The van der Waals surface area contributed by atoms with Crippen LogP contribution < -0.4 is 4.74 Å². The predicted molar refractivity (Wildman–Crippen MR) is 67.9 cm³/mol. The lowest BCUT2D eigenvalue weighted by Crippen LogP contribution is -1.96. The van der Waals surface area contributed by atoms with Crippen LogP contribution in [0.15, 0.2) is 30.3 Å². The Kier molecular flexibility index (Phi) is 3.82. The number of nitrogens with zero attached hydrogens (tertiary/aromatic N) is 2. The molecule has 1 aromatic carbocycles. The van der Waals surface area contributed by atoms with Crippen molar-refractivity contribution in [3.63, 3.8) is 0 Å². The van der Waals surface area contributed by atoms with Gasteiger partial charge in [0.2, 0.25) is 5.88 Å². The van der Waals surface area contributed by atoms with Gasteiger partial charge in [0.05, 0.1) is 5.02 Å². The van der Waals surface area contributed by atoms with Gasteiger partial charge in [-0.1, -0.05) is 42.3 Å². The number of rotatable bonds is 3. The second-order valence-corrected chi connectivity index (χ2v) is 4.13. The standard InChI is InChI=1S/C12H10Cl2N2O/c1-2-11-15-10(14)7-12(16-11)17-9-6-4-3-5-8(9)13/h3-7H,2H2,1H3. The van der Waals surface area contributed by atoms with Crippen molar-refractivity contribution in [2.45, 2.75) is 13.3 Å². The zero-order valence-corrected chi connectivity index (χ0v) is 10.7. The molecule has 0 fully saturated rings. The van der Waals surface area contributed by atoms with Crippen molar-refractivity contribution in [1.82, 2.24) is 9.97 Å². The van der Waals surface area contributed by atoms with E-state index in [0.717, 1.165) is 0 Å². The number of ether oxygens (including phenoxy) is 1. The van der Waals surface area contributed by atoms with E-state index in [1.54, 1.807) is 18.2 Å². The first-order valence-corrected chi connectivity index (χ1v) is 5.90. The summed E-state index contributed by atoms with van der Waals surface area (Å²) < 4.78 is 5.56. The third-order valence-electron chi connectivity index (χ3n) is 2.09. The SMILES string of the molecule is CCc1nc(Cl)cc(Oc2ccccc2Cl)n1. The molecule has 0 radical (unpaired) electrons. The third-order valence-corrected chi connectivity index (χ3v) is 2.59. The Labute approximate surface area is 109 Å². The summed E-state index contributed by atoms with van der Waals surface area (Å²) in [6.07, 6.45) is 0.694. The maximum absolute atomic E-state index is 5.99. The molecule has 0 saturated heterocycles. The van der Waals surface area contributed by atoms with Crippen LogP contribution in [0.3, 0.4) is 0 Å². The number of hydrogen-bond acceptors (Lipinski definition) is 3. The fraction of sp³-hybridized carbons (Fsp3) is 0.167. The molecule has 0 atom stereocenters. The lowest BCUT2D eigenvalue weighted by atomic mass is 10.3. The molecule has 0 N–H and O–H groups in total. The highest BCUT2D eigenvalue weighted by atomic mass is 35.5. The Morgan fingerprint density at radius 3 is 2.65 bits per heavy atom. The molecule has 0 spiro atoms. The molecule has 3 nitrogen and oxygen atoms in total. The topological polar surface area (TPSA) is 35.0 Å². The second kappa shape index (κ2) is 5.34. The molecule has 1 aromatic heterocycles. The summed E-state index contributed by atoms with van der Waals surface area (Å²) in [4.78, 5) is 8.27. The Morgan fingerprint density at radius 1 is 1.18 bits per heavy atom. The Morgan fingerprint density at radius 2 is 1.94 bits per heavy atom. The molecule has 0 saturated carbocycles. The average Bonchev–Trinajstić information content (AvgIpc) is 2.31. The van der Waals surface area contributed by atoms with Crippen molar-refractivity contribution >= 4 is 23.2 Å². The van der Waals surface area contributed by atoms with E-state index in [2.05, 4.69) is 9.97 Å². The lowest BCUT2D eigenvalue weighted by molar-refractivity contribution is 0.459. The fourth-order valence-electron chi connectivity index (χ4n) is 1.29. The van der Waals surface area contributed by atoms with E-state index in [9.17, 15) is 0 Å². The van der Waals surface area contributed by atoms with Gasteiger partial charge in [-0.3, -0.25) is 0 Å². The largest absolute Gasteiger partial charge is 0.437 e. The molecule has 0 unspecified atom stereocenters. The number of para-hydroxylation sites is 1. The van der Waals surface area contributed by atoms with Gasteiger partial charge >= 0.3 is 0 Å². The zero-order chi connectivity index (χ0) is 12.3. The van der Waals surface area contributed by atoms with E-state index in [-0.39, 0.29) is 0 Å². The quantitative estimate of drug-likeness (QED) is 0.785. The van der Waals surface area contributed by atoms with Crippen LogP contribution in [0.5, 0.6) is 11.6 Å². The van der Waals surface area contributed by atoms with Crippen LogP contribution in [-0.2, 0) is 6.42 Å². The van der Waals surface area contributed by atoms with E-state index in [1.807, 2.05) is 19.1 Å². The van der Waals surface area contributed by atoms with Gasteiger partial charge in [-0.2, -0.15) is 4.98 Å². The van der Waals surface area contributed by atoms with E-state index in [4.69, 9.17) is 27.9 Å². The van der Waals surface area contributed by atoms with E-state index in [1.165, 1.54) is 0 Å². The van der Waals surface area contributed by atoms with Gasteiger partial charge in [-0.05, 0) is 12.1 Å². The van der Waals surface area contributed by atoms with Crippen LogP contribution in [0, 0.1) is 0 Å². The first kappa shape index (κ1) is 12.1. The summed E-state index contributed by atoms with van der Waals surface area (Å²) in [7, 11) is 0. The maximum atomic E-state index is 5.99. The van der Waals surface area contributed by atoms with Crippen molar-refractivity contribution in [1.29, 1.82) is 0 Å². The van der Waals surface area contributed by atoms with Crippen molar-refractivity contribution in [3.05, 3.63) is 46.3 Å². The van der Waals surface area contributed by atoms with E-state index in [0.29, 0.717) is 34.1 Å². The lowest BCUT2D eigenvalue weighted by Gasteiger charge is -2.07. The molecule has 17 heavy (non-hydrogen) atoms. The zero-order valence-electron chi connectivity index (χ0n) is 9.15. The molecule has 5 heteroatoms. The summed E-state index contributed by atoms with van der Waals surface area (Å²) in [5.41, 5.74) is 0. The molecule has 88 valence electrons. The molecule has 0 amide bonds. The first-order valence-electron chi connectivity index (χ1n) is 5.15. The van der Waals surface area contributed by atoms with E-state index >= 15 is 0 Å². The van der Waals surface area contributed by atoms with Gasteiger partial charge in [0, 0.05) is 12.5 Å². The van der Waals surface area contributed by atoms with E-state index < -0.39 is 0 Å². The highest BCUT2D eigenvalue weighted by Crippen LogP contribution is 2.28. The molecule has 0 bridgehead atoms. The molecule has 2 rings (SSSR count). The number of benzene rings is 1. The predicted octanol–water partition coefficient (Wildman–Crippen LogP) is 4.14. The molecule has 1 heterocycles. The number of aromatic nitrogens is 2. The highest BCUT2D eigenvalue weighted by molar-refractivity contribution is 6.32. The van der Waals surface area contributed by atoms with Gasteiger partial charge in [-0.15, -0.1) is 0 Å². The Balaban J connectivity index is 2.30. The molecular weight excluding hydrogens is 259 g/mol.